The third-order valence-electron chi connectivity index (χ3n) is 2.61. The monoisotopic (exact) mass is 243 g/mol. The minimum atomic E-state index is -4.03. The van der Waals surface area contributed by atoms with Gasteiger partial charge in [-0.2, -0.15) is 5.26 Å². The second-order valence-electron chi connectivity index (χ2n) is 3.68. The molecule has 0 heterocycles. The van der Waals surface area contributed by atoms with Crippen molar-refractivity contribution < 1.29 is 17.2 Å². The first-order valence-electron chi connectivity index (χ1n) is 4.54. The van der Waals surface area contributed by atoms with Crippen LogP contribution in [0, 0.1) is 23.0 Å². The van der Waals surface area contributed by atoms with Gasteiger partial charge in [-0.05, 0) is 25.0 Å². The highest BCUT2D eigenvalue weighted by Gasteiger charge is 2.56. The van der Waals surface area contributed by atoms with E-state index in [4.69, 9.17) is 5.26 Å². The van der Waals surface area contributed by atoms with Gasteiger partial charge in [0.05, 0.1) is 6.07 Å². The quantitative estimate of drug-likeness (QED) is 0.744. The topological polar surface area (TPSA) is 57.9 Å². The Balaban J connectivity index is 2.58. The summed E-state index contributed by atoms with van der Waals surface area (Å²) in [6.07, 6.45) is 0.394. The van der Waals surface area contributed by atoms with E-state index in [0.717, 1.165) is 12.1 Å². The Morgan fingerprint density at radius 3 is 2.38 bits per heavy atom. The van der Waals surface area contributed by atoms with E-state index < -0.39 is 31.1 Å². The van der Waals surface area contributed by atoms with Crippen LogP contribution in [-0.4, -0.2) is 13.2 Å². The number of halogens is 2. The molecule has 16 heavy (non-hydrogen) atoms. The van der Waals surface area contributed by atoms with Crippen LogP contribution in [-0.2, 0) is 9.84 Å². The molecule has 1 saturated carbocycles. The van der Waals surface area contributed by atoms with Gasteiger partial charge < -0.3 is 0 Å². The van der Waals surface area contributed by atoms with E-state index in [1.165, 1.54) is 0 Å². The fourth-order valence-corrected chi connectivity index (χ4v) is 3.20. The lowest BCUT2D eigenvalue weighted by molar-refractivity contribution is 0.546. The molecule has 0 bridgehead atoms. The van der Waals surface area contributed by atoms with E-state index in [1.807, 2.05) is 0 Å². The predicted molar refractivity (Wildman–Crippen MR) is 51.1 cm³/mol. The fourth-order valence-electron chi connectivity index (χ4n) is 1.46. The van der Waals surface area contributed by atoms with E-state index in [9.17, 15) is 17.2 Å². The molecule has 84 valence electrons. The average Bonchev–Trinajstić information content (AvgIpc) is 2.97. The van der Waals surface area contributed by atoms with Crippen molar-refractivity contribution >= 4 is 9.84 Å². The third kappa shape index (κ3) is 1.39. The minimum absolute atomic E-state index is 0.197. The van der Waals surface area contributed by atoms with Crippen LogP contribution in [0.5, 0.6) is 0 Å². The molecule has 1 aromatic carbocycles. The maximum atomic E-state index is 13.3. The van der Waals surface area contributed by atoms with Crippen molar-refractivity contribution in [2.75, 3.05) is 0 Å². The second-order valence-corrected chi connectivity index (χ2v) is 5.91. The van der Waals surface area contributed by atoms with Gasteiger partial charge in [0.1, 0.15) is 16.5 Å². The maximum Gasteiger partial charge on any atom is 0.200 e. The normalized spacial score (nSPS) is 17.8. The number of rotatable bonds is 2. The van der Waals surface area contributed by atoms with Crippen LogP contribution >= 0.6 is 0 Å². The zero-order chi connectivity index (χ0) is 12.0. The van der Waals surface area contributed by atoms with Crippen molar-refractivity contribution in [2.45, 2.75) is 22.5 Å². The molecule has 3 nitrogen and oxygen atoms in total. The summed E-state index contributed by atoms with van der Waals surface area (Å²) in [6, 6.07) is 3.91. The van der Waals surface area contributed by atoms with Gasteiger partial charge in [-0.3, -0.25) is 0 Å². The van der Waals surface area contributed by atoms with Crippen LogP contribution in [0.25, 0.3) is 0 Å². The molecule has 6 heteroatoms. The lowest BCUT2D eigenvalue weighted by Crippen LogP contribution is -2.22. The lowest BCUT2D eigenvalue weighted by Gasteiger charge is -2.08. The van der Waals surface area contributed by atoms with Crippen LogP contribution in [0.2, 0.25) is 0 Å². The smallest absolute Gasteiger partial charge is 0.200 e. The number of sulfone groups is 1. The van der Waals surface area contributed by atoms with Crippen molar-refractivity contribution in [3.8, 4) is 6.07 Å². The fraction of sp³-hybridized carbons (Fsp3) is 0.300. The summed E-state index contributed by atoms with van der Waals surface area (Å²) < 4.78 is 48.2. The molecule has 0 aliphatic heterocycles. The highest BCUT2D eigenvalue weighted by atomic mass is 32.2. The van der Waals surface area contributed by atoms with Gasteiger partial charge >= 0.3 is 0 Å². The standard InChI is InChI=1S/C10H7F2NO2S/c11-7-1-2-9(8(12)5-7)16(14,15)10(6-13)3-4-10/h1-2,5H,3-4H2. The molecular formula is C10H7F2NO2S. The van der Waals surface area contributed by atoms with Crippen molar-refractivity contribution in [1.29, 1.82) is 5.26 Å². The number of hydrogen-bond acceptors (Lipinski definition) is 3. The summed E-state index contributed by atoms with van der Waals surface area (Å²) in [5.74, 6) is -2.00. The Hall–Kier alpha value is -1.48. The van der Waals surface area contributed by atoms with Crippen LogP contribution in [0.4, 0.5) is 8.78 Å². The van der Waals surface area contributed by atoms with E-state index in [1.54, 1.807) is 6.07 Å². The van der Waals surface area contributed by atoms with Crippen LogP contribution in [0.1, 0.15) is 12.8 Å². The number of benzene rings is 1. The van der Waals surface area contributed by atoms with Crippen molar-refractivity contribution in [3.05, 3.63) is 29.8 Å². The molecule has 0 N–H and O–H groups in total. The largest absolute Gasteiger partial charge is 0.222 e. The molecule has 0 spiro atoms. The van der Waals surface area contributed by atoms with Crippen molar-refractivity contribution in [2.24, 2.45) is 0 Å². The summed E-state index contributed by atoms with van der Waals surface area (Å²) in [5.41, 5.74) is 0. The van der Waals surface area contributed by atoms with Crippen molar-refractivity contribution in [3.63, 3.8) is 0 Å². The lowest BCUT2D eigenvalue weighted by atomic mass is 10.3. The molecule has 0 saturated heterocycles. The zero-order valence-corrected chi connectivity index (χ0v) is 8.89. The summed E-state index contributed by atoms with van der Waals surface area (Å²) >= 11 is 0. The molecule has 0 radical (unpaired) electrons. The number of hydrogen-bond donors (Lipinski definition) is 0. The first-order valence-corrected chi connectivity index (χ1v) is 6.02. The molecule has 2 rings (SSSR count). The number of nitrogens with zero attached hydrogens (tertiary/aromatic N) is 1. The molecule has 1 aliphatic carbocycles. The molecule has 0 unspecified atom stereocenters. The zero-order valence-electron chi connectivity index (χ0n) is 8.07. The first kappa shape index (κ1) is 11.0. The van der Waals surface area contributed by atoms with Crippen molar-refractivity contribution in [1.82, 2.24) is 0 Å². The van der Waals surface area contributed by atoms with Crippen LogP contribution in [0.15, 0.2) is 23.1 Å². The van der Waals surface area contributed by atoms with E-state index in [2.05, 4.69) is 0 Å². The minimum Gasteiger partial charge on any atom is -0.222 e. The van der Waals surface area contributed by atoms with Gasteiger partial charge in [-0.15, -0.1) is 0 Å². The predicted octanol–water partition coefficient (Wildman–Crippen LogP) is 1.79. The molecule has 0 atom stereocenters. The average molecular weight is 243 g/mol. The van der Waals surface area contributed by atoms with E-state index in [0.29, 0.717) is 6.07 Å². The van der Waals surface area contributed by atoms with E-state index >= 15 is 0 Å². The molecule has 1 fully saturated rings. The summed E-state index contributed by atoms with van der Waals surface area (Å²) in [5, 5.41) is 8.77. The van der Waals surface area contributed by atoms with Gasteiger partial charge in [0, 0.05) is 6.07 Å². The Morgan fingerprint density at radius 1 is 1.31 bits per heavy atom. The number of nitriles is 1. The Morgan fingerprint density at radius 2 is 1.94 bits per heavy atom. The highest BCUT2D eigenvalue weighted by Crippen LogP contribution is 2.46. The molecular weight excluding hydrogens is 236 g/mol. The summed E-state index contributed by atoms with van der Waals surface area (Å²) in [4.78, 5) is -0.604. The second kappa shape index (κ2) is 3.25. The molecule has 1 aromatic rings. The Bertz CT molecular complexity index is 585. The third-order valence-corrected chi connectivity index (χ3v) is 5.04. The Labute approximate surface area is 91.2 Å². The van der Waals surface area contributed by atoms with Gasteiger partial charge in [0.25, 0.3) is 0 Å². The highest BCUT2D eigenvalue weighted by molar-refractivity contribution is 7.93. The van der Waals surface area contributed by atoms with Gasteiger partial charge in [-0.1, -0.05) is 0 Å². The van der Waals surface area contributed by atoms with Gasteiger partial charge in [-0.25, -0.2) is 17.2 Å². The summed E-state index contributed by atoms with van der Waals surface area (Å²) in [6.45, 7) is 0. The molecule has 0 amide bonds. The van der Waals surface area contributed by atoms with E-state index in [-0.39, 0.29) is 12.8 Å². The molecule has 1 aliphatic rings. The first-order chi connectivity index (χ1) is 7.43. The van der Waals surface area contributed by atoms with Crippen LogP contribution in [0.3, 0.4) is 0 Å². The van der Waals surface area contributed by atoms with Crippen LogP contribution < -0.4 is 0 Å². The van der Waals surface area contributed by atoms with Gasteiger partial charge in [0.15, 0.2) is 14.6 Å². The Kier molecular flexibility index (Phi) is 2.24. The SMILES string of the molecule is N#CC1(S(=O)(=O)c2ccc(F)cc2F)CC1. The molecule has 0 aromatic heterocycles. The van der Waals surface area contributed by atoms with Gasteiger partial charge in [0.2, 0.25) is 0 Å². The maximum absolute atomic E-state index is 13.3. The summed E-state index contributed by atoms with van der Waals surface area (Å²) in [7, 11) is -4.03.